The lowest BCUT2D eigenvalue weighted by atomic mass is 10.0. The topological polar surface area (TPSA) is 72.3 Å². The van der Waals surface area contributed by atoms with E-state index in [1.54, 1.807) is 12.3 Å². The van der Waals surface area contributed by atoms with Gasteiger partial charge in [0.15, 0.2) is 0 Å². The highest BCUT2D eigenvalue weighted by molar-refractivity contribution is 6.03. The Morgan fingerprint density at radius 3 is 2.28 bits per heavy atom. The van der Waals surface area contributed by atoms with Crippen molar-refractivity contribution < 1.29 is 27.8 Å². The van der Waals surface area contributed by atoms with Crippen LogP contribution in [-0.4, -0.2) is 27.7 Å². The SMILES string of the molecule is CCOc1ccc(-c2ccc(-c3cc(C(=O)O)c4cc(C(F)(F)F)ccc4n3)nc2)cc1. The number of pyridine rings is 2. The van der Waals surface area contributed by atoms with Crippen LogP contribution in [0.25, 0.3) is 33.4 Å². The molecule has 0 saturated carbocycles. The molecule has 1 N–H and O–H groups in total. The highest BCUT2D eigenvalue weighted by Crippen LogP contribution is 2.33. The van der Waals surface area contributed by atoms with Crippen LogP contribution in [0.2, 0.25) is 0 Å². The van der Waals surface area contributed by atoms with Gasteiger partial charge in [0.1, 0.15) is 5.75 Å². The van der Waals surface area contributed by atoms with Crippen molar-refractivity contribution >= 4 is 16.9 Å². The summed E-state index contributed by atoms with van der Waals surface area (Å²) in [6.45, 7) is 2.48. The molecule has 32 heavy (non-hydrogen) atoms. The van der Waals surface area contributed by atoms with E-state index in [0.717, 1.165) is 29.0 Å². The van der Waals surface area contributed by atoms with Gasteiger partial charge in [-0.15, -0.1) is 0 Å². The van der Waals surface area contributed by atoms with Crippen molar-refractivity contribution in [3.05, 3.63) is 78.0 Å². The summed E-state index contributed by atoms with van der Waals surface area (Å²) in [6.07, 6.45) is -2.95. The molecule has 162 valence electrons. The third-order valence-electron chi connectivity index (χ3n) is 4.89. The number of carboxylic acids is 1. The van der Waals surface area contributed by atoms with Gasteiger partial charge >= 0.3 is 12.1 Å². The normalized spacial score (nSPS) is 11.5. The van der Waals surface area contributed by atoms with Gasteiger partial charge in [-0.2, -0.15) is 13.2 Å². The Morgan fingerprint density at radius 2 is 1.69 bits per heavy atom. The van der Waals surface area contributed by atoms with Crippen LogP contribution in [0.3, 0.4) is 0 Å². The smallest absolute Gasteiger partial charge is 0.416 e. The first kappa shape index (κ1) is 21.3. The van der Waals surface area contributed by atoms with Gasteiger partial charge in [-0.05, 0) is 55.0 Å². The maximum absolute atomic E-state index is 13.0. The average Bonchev–Trinajstić information content (AvgIpc) is 2.78. The first-order valence-corrected chi connectivity index (χ1v) is 9.71. The summed E-state index contributed by atoms with van der Waals surface area (Å²) in [7, 11) is 0. The van der Waals surface area contributed by atoms with Crippen LogP contribution in [0.5, 0.6) is 5.75 Å². The number of halogens is 3. The number of carbonyl (C=O) groups is 1. The minimum atomic E-state index is -4.58. The minimum absolute atomic E-state index is 0.0814. The molecule has 0 saturated heterocycles. The second-order valence-electron chi connectivity index (χ2n) is 6.98. The monoisotopic (exact) mass is 438 g/mol. The number of aromatic carboxylic acids is 1. The number of hydrogen-bond donors (Lipinski definition) is 1. The number of hydrogen-bond acceptors (Lipinski definition) is 4. The van der Waals surface area contributed by atoms with E-state index in [1.807, 2.05) is 37.3 Å². The number of fused-ring (bicyclic) bond motifs is 1. The van der Waals surface area contributed by atoms with Gasteiger partial charge in [0.05, 0.1) is 34.6 Å². The van der Waals surface area contributed by atoms with Crippen molar-refractivity contribution in [2.75, 3.05) is 6.61 Å². The maximum Gasteiger partial charge on any atom is 0.416 e. The molecule has 0 aliphatic rings. The Hall–Kier alpha value is -3.94. The molecule has 0 bridgehead atoms. The second-order valence-corrected chi connectivity index (χ2v) is 6.98. The van der Waals surface area contributed by atoms with E-state index in [2.05, 4.69) is 9.97 Å². The summed E-state index contributed by atoms with van der Waals surface area (Å²) in [4.78, 5) is 20.5. The van der Waals surface area contributed by atoms with Crippen molar-refractivity contribution in [2.45, 2.75) is 13.1 Å². The number of rotatable bonds is 5. The van der Waals surface area contributed by atoms with E-state index in [0.29, 0.717) is 12.3 Å². The number of benzene rings is 2. The highest BCUT2D eigenvalue weighted by atomic mass is 19.4. The molecule has 4 rings (SSSR count). The number of ether oxygens (including phenoxy) is 1. The fraction of sp³-hybridized carbons (Fsp3) is 0.125. The third-order valence-corrected chi connectivity index (χ3v) is 4.89. The predicted octanol–water partition coefficient (Wildman–Crippen LogP) is 6.08. The molecule has 0 amide bonds. The maximum atomic E-state index is 13.0. The van der Waals surface area contributed by atoms with E-state index in [-0.39, 0.29) is 22.2 Å². The number of nitrogens with zero attached hydrogens (tertiary/aromatic N) is 2. The van der Waals surface area contributed by atoms with Gasteiger partial charge in [0.2, 0.25) is 0 Å². The molecule has 2 heterocycles. The first-order valence-electron chi connectivity index (χ1n) is 9.71. The van der Waals surface area contributed by atoms with Crippen molar-refractivity contribution in [2.24, 2.45) is 0 Å². The Labute approximate surface area is 181 Å². The second kappa shape index (κ2) is 8.30. The Balaban J connectivity index is 1.72. The van der Waals surface area contributed by atoms with Gasteiger partial charge in [0, 0.05) is 17.1 Å². The van der Waals surface area contributed by atoms with Crippen LogP contribution in [0.15, 0.2) is 66.9 Å². The summed E-state index contributed by atoms with van der Waals surface area (Å²) in [5.41, 5.74) is 1.37. The summed E-state index contributed by atoms with van der Waals surface area (Å²) in [5.74, 6) is -0.583. The fourth-order valence-corrected chi connectivity index (χ4v) is 3.34. The molecule has 0 atom stereocenters. The van der Waals surface area contributed by atoms with E-state index in [1.165, 1.54) is 12.1 Å². The molecular weight excluding hydrogens is 421 g/mol. The molecule has 2 aromatic heterocycles. The van der Waals surface area contributed by atoms with Crippen LogP contribution in [0.1, 0.15) is 22.8 Å². The van der Waals surface area contributed by atoms with Gasteiger partial charge < -0.3 is 9.84 Å². The van der Waals surface area contributed by atoms with Crippen LogP contribution in [0.4, 0.5) is 13.2 Å². The zero-order chi connectivity index (χ0) is 22.9. The van der Waals surface area contributed by atoms with Crippen molar-refractivity contribution in [3.63, 3.8) is 0 Å². The molecule has 0 aliphatic carbocycles. The summed E-state index contributed by atoms with van der Waals surface area (Å²) in [5, 5.41) is 9.48. The largest absolute Gasteiger partial charge is 0.494 e. The molecule has 0 spiro atoms. The zero-order valence-corrected chi connectivity index (χ0v) is 16.8. The van der Waals surface area contributed by atoms with E-state index in [4.69, 9.17) is 4.74 Å². The van der Waals surface area contributed by atoms with Crippen molar-refractivity contribution in [3.8, 4) is 28.3 Å². The Kier molecular flexibility index (Phi) is 5.52. The lowest BCUT2D eigenvalue weighted by Crippen LogP contribution is -2.06. The van der Waals surface area contributed by atoms with Crippen molar-refractivity contribution in [1.29, 1.82) is 0 Å². The van der Waals surface area contributed by atoms with Crippen LogP contribution in [-0.2, 0) is 6.18 Å². The van der Waals surface area contributed by atoms with Crippen LogP contribution >= 0.6 is 0 Å². The van der Waals surface area contributed by atoms with Gasteiger partial charge in [-0.25, -0.2) is 9.78 Å². The molecule has 4 aromatic rings. The number of carboxylic acid groups (broad SMARTS) is 1. The van der Waals surface area contributed by atoms with E-state index < -0.39 is 17.7 Å². The Morgan fingerprint density at radius 1 is 0.969 bits per heavy atom. The third kappa shape index (κ3) is 4.25. The van der Waals surface area contributed by atoms with Crippen LogP contribution in [0, 0.1) is 0 Å². The van der Waals surface area contributed by atoms with Crippen molar-refractivity contribution in [1.82, 2.24) is 9.97 Å². The molecule has 0 radical (unpaired) electrons. The molecule has 0 fully saturated rings. The molecule has 0 unspecified atom stereocenters. The standard InChI is InChI=1S/C24H17F3N2O3/c1-2-32-17-7-3-14(4-8-17)15-5-9-21(28-13-15)22-12-19(23(30)31)18-11-16(24(25,26)27)6-10-20(18)29-22/h3-13H,2H2,1H3,(H,30,31). The summed E-state index contributed by atoms with van der Waals surface area (Å²) >= 11 is 0. The highest BCUT2D eigenvalue weighted by Gasteiger charge is 2.31. The summed E-state index contributed by atoms with van der Waals surface area (Å²) < 4.78 is 44.6. The van der Waals surface area contributed by atoms with Gasteiger partial charge in [0.25, 0.3) is 0 Å². The van der Waals surface area contributed by atoms with Crippen LogP contribution < -0.4 is 4.74 Å². The fourth-order valence-electron chi connectivity index (χ4n) is 3.34. The zero-order valence-electron chi connectivity index (χ0n) is 16.8. The quantitative estimate of drug-likeness (QED) is 0.409. The lowest BCUT2D eigenvalue weighted by molar-refractivity contribution is -0.137. The molecule has 2 aromatic carbocycles. The molecule has 0 aliphatic heterocycles. The first-order chi connectivity index (χ1) is 15.3. The molecule has 5 nitrogen and oxygen atoms in total. The van der Waals surface area contributed by atoms with E-state index in [9.17, 15) is 23.1 Å². The average molecular weight is 438 g/mol. The van der Waals surface area contributed by atoms with Gasteiger partial charge in [-0.1, -0.05) is 18.2 Å². The van der Waals surface area contributed by atoms with Gasteiger partial charge in [-0.3, -0.25) is 4.98 Å². The minimum Gasteiger partial charge on any atom is -0.494 e. The number of alkyl halides is 3. The summed E-state index contributed by atoms with van der Waals surface area (Å²) in [6, 6.07) is 15.1. The molecule has 8 heteroatoms. The lowest BCUT2D eigenvalue weighted by Gasteiger charge is -2.11. The predicted molar refractivity (Wildman–Crippen MR) is 114 cm³/mol. The number of aromatic nitrogens is 2. The Bertz CT molecular complexity index is 1290. The van der Waals surface area contributed by atoms with E-state index >= 15 is 0 Å². The molecular formula is C24H17F3N2O3.